The highest BCUT2D eigenvalue weighted by Crippen LogP contribution is 2.12. The van der Waals surface area contributed by atoms with Gasteiger partial charge in [0, 0.05) is 0 Å². The van der Waals surface area contributed by atoms with Crippen molar-refractivity contribution >= 4 is 21.2 Å². The van der Waals surface area contributed by atoms with Crippen LogP contribution in [0.1, 0.15) is 84.0 Å². The molecule has 23 heavy (non-hydrogen) atoms. The Morgan fingerprint density at radius 2 is 1.43 bits per heavy atom. The van der Waals surface area contributed by atoms with Crippen molar-refractivity contribution in [2.24, 2.45) is 5.73 Å². The van der Waals surface area contributed by atoms with E-state index < -0.39 is 5.78 Å². The Labute approximate surface area is 144 Å². The average Bonchev–Trinajstić information content (AvgIpc) is 2.51. The molecule has 0 spiro atoms. The van der Waals surface area contributed by atoms with E-state index in [0.717, 1.165) is 12.8 Å². The van der Waals surface area contributed by atoms with Gasteiger partial charge in [-0.3, -0.25) is 5.41 Å². The van der Waals surface area contributed by atoms with Gasteiger partial charge in [-0.25, -0.2) is 4.79 Å². The molecule has 5 nitrogen and oxygen atoms in total. The average molecular weight is 345 g/mol. The minimum absolute atomic E-state index is 0.229. The number of nitrogens with one attached hydrogen (secondary N) is 2. The summed E-state index contributed by atoms with van der Waals surface area (Å²) >= 11 is 0. The molecule has 0 rings (SSSR count). The van der Waals surface area contributed by atoms with Crippen molar-refractivity contribution in [2.75, 3.05) is 6.61 Å². The van der Waals surface area contributed by atoms with Gasteiger partial charge in [0.2, 0.25) is 0 Å². The van der Waals surface area contributed by atoms with E-state index in [1.165, 1.54) is 64.2 Å². The number of hydrogen-bond donors (Lipinski definition) is 3. The highest BCUT2D eigenvalue weighted by atomic mass is 31.0. The van der Waals surface area contributed by atoms with Crippen LogP contribution in [-0.2, 0) is 9.53 Å². The normalized spacial score (nSPS) is 11.9. The van der Waals surface area contributed by atoms with E-state index in [4.69, 9.17) is 15.9 Å². The lowest BCUT2D eigenvalue weighted by Crippen LogP contribution is -2.41. The molecular formula is C17H36N3O2P. The fraction of sp³-hybridized carbons (Fsp3) is 0.882. The maximum Gasteiger partial charge on any atom is 0.332 e. The number of guanidine groups is 1. The Hall–Kier alpha value is -0.830. The zero-order valence-corrected chi connectivity index (χ0v) is 15.9. The molecule has 0 radical (unpaired) electrons. The van der Waals surface area contributed by atoms with E-state index >= 15 is 0 Å². The van der Waals surface area contributed by atoms with Crippen LogP contribution in [0.25, 0.3) is 0 Å². The largest absolute Gasteiger partial charge is 0.464 e. The molecule has 0 aliphatic rings. The summed E-state index contributed by atoms with van der Waals surface area (Å²) in [4.78, 5) is 11.5. The maximum absolute atomic E-state index is 11.5. The summed E-state index contributed by atoms with van der Waals surface area (Å²) in [6, 6.07) is 0. The predicted molar refractivity (Wildman–Crippen MR) is 101 cm³/mol. The SMILES string of the molecule is CCCCCCCCCCCCCCOC(=O)C(P)NC(=N)N. The van der Waals surface area contributed by atoms with E-state index in [1.54, 1.807) is 0 Å². The van der Waals surface area contributed by atoms with Crippen LogP contribution < -0.4 is 11.1 Å². The number of rotatable bonds is 15. The Bertz CT molecular complexity index is 314. The Balaban J connectivity index is 3.24. The molecule has 0 aromatic carbocycles. The highest BCUT2D eigenvalue weighted by Gasteiger charge is 2.13. The molecule has 0 fully saturated rings. The summed E-state index contributed by atoms with van der Waals surface area (Å²) in [5, 5.41) is 9.53. The van der Waals surface area contributed by atoms with Gasteiger partial charge in [-0.05, 0) is 6.42 Å². The molecule has 0 aromatic rings. The lowest BCUT2D eigenvalue weighted by Gasteiger charge is -2.12. The van der Waals surface area contributed by atoms with E-state index in [-0.39, 0.29) is 11.9 Å². The van der Waals surface area contributed by atoms with Crippen LogP contribution in [0.4, 0.5) is 0 Å². The summed E-state index contributed by atoms with van der Waals surface area (Å²) in [7, 11) is 2.28. The lowest BCUT2D eigenvalue weighted by atomic mass is 10.1. The van der Waals surface area contributed by atoms with Crippen molar-refractivity contribution < 1.29 is 9.53 Å². The van der Waals surface area contributed by atoms with Crippen LogP contribution in [0, 0.1) is 5.41 Å². The Kier molecular flexibility index (Phi) is 15.5. The zero-order valence-electron chi connectivity index (χ0n) is 14.7. The Morgan fingerprint density at radius 1 is 1.00 bits per heavy atom. The van der Waals surface area contributed by atoms with Crippen LogP contribution in [-0.4, -0.2) is 24.3 Å². The molecule has 136 valence electrons. The van der Waals surface area contributed by atoms with Crippen LogP contribution in [0.5, 0.6) is 0 Å². The predicted octanol–water partition coefficient (Wildman–Crippen LogP) is 3.91. The number of ether oxygens (including phenoxy) is 1. The van der Waals surface area contributed by atoms with Gasteiger partial charge in [0.25, 0.3) is 0 Å². The minimum atomic E-state index is -0.634. The number of unbranched alkanes of at least 4 members (excludes halogenated alkanes) is 11. The molecule has 0 bridgehead atoms. The van der Waals surface area contributed by atoms with Gasteiger partial charge >= 0.3 is 5.97 Å². The van der Waals surface area contributed by atoms with Crippen molar-refractivity contribution in [3.63, 3.8) is 0 Å². The molecular weight excluding hydrogens is 309 g/mol. The molecule has 0 aliphatic carbocycles. The first kappa shape index (κ1) is 22.2. The van der Waals surface area contributed by atoms with Crippen molar-refractivity contribution in [1.82, 2.24) is 5.32 Å². The third-order valence-corrected chi connectivity index (χ3v) is 4.25. The van der Waals surface area contributed by atoms with Gasteiger partial charge in [0.1, 0.15) is 5.78 Å². The standard InChI is InChI=1S/C17H36N3O2P/c1-2-3-4-5-6-7-8-9-10-11-12-13-14-22-16(21)15(23)20-17(18)19/h15H,2-14,23H2,1H3,(H4,18,19,20). The number of esters is 1. The van der Waals surface area contributed by atoms with Gasteiger partial charge in [0.15, 0.2) is 5.96 Å². The first-order chi connectivity index (χ1) is 11.1. The van der Waals surface area contributed by atoms with Gasteiger partial charge in [-0.1, -0.05) is 77.6 Å². The Morgan fingerprint density at radius 3 is 1.87 bits per heavy atom. The van der Waals surface area contributed by atoms with E-state index in [0.29, 0.717) is 6.61 Å². The summed E-state index contributed by atoms with van der Waals surface area (Å²) < 4.78 is 5.12. The molecule has 2 unspecified atom stereocenters. The van der Waals surface area contributed by atoms with Crippen molar-refractivity contribution in [3.05, 3.63) is 0 Å². The maximum atomic E-state index is 11.5. The molecule has 4 N–H and O–H groups in total. The van der Waals surface area contributed by atoms with Crippen molar-refractivity contribution in [3.8, 4) is 0 Å². The van der Waals surface area contributed by atoms with Crippen LogP contribution >= 0.6 is 9.24 Å². The second kappa shape index (κ2) is 16.0. The molecule has 2 atom stereocenters. The molecule has 0 amide bonds. The molecule has 6 heteroatoms. The fourth-order valence-corrected chi connectivity index (χ4v) is 2.71. The van der Waals surface area contributed by atoms with E-state index in [1.807, 2.05) is 0 Å². The third-order valence-electron chi connectivity index (χ3n) is 3.81. The molecule has 0 saturated heterocycles. The minimum Gasteiger partial charge on any atom is -0.464 e. The smallest absolute Gasteiger partial charge is 0.332 e. The summed E-state index contributed by atoms with van der Waals surface area (Å²) in [5.41, 5.74) is 5.16. The third kappa shape index (κ3) is 15.8. The van der Waals surface area contributed by atoms with Crippen LogP contribution in [0.3, 0.4) is 0 Å². The fourth-order valence-electron chi connectivity index (χ4n) is 2.43. The van der Waals surface area contributed by atoms with Gasteiger partial charge in [0.05, 0.1) is 6.61 Å². The van der Waals surface area contributed by atoms with Crippen LogP contribution in [0.15, 0.2) is 0 Å². The summed E-state index contributed by atoms with van der Waals surface area (Å²) in [6.45, 7) is 2.70. The number of carbonyl (C=O) groups is 1. The van der Waals surface area contributed by atoms with Gasteiger partial charge in [-0.2, -0.15) is 0 Å². The number of hydrogen-bond acceptors (Lipinski definition) is 3. The highest BCUT2D eigenvalue weighted by molar-refractivity contribution is 7.19. The molecule has 0 heterocycles. The van der Waals surface area contributed by atoms with Gasteiger partial charge < -0.3 is 15.8 Å². The topological polar surface area (TPSA) is 88.2 Å². The van der Waals surface area contributed by atoms with Crippen molar-refractivity contribution in [2.45, 2.75) is 89.8 Å². The second-order valence-electron chi connectivity index (χ2n) is 6.09. The van der Waals surface area contributed by atoms with Crippen LogP contribution in [0.2, 0.25) is 0 Å². The lowest BCUT2D eigenvalue weighted by molar-refractivity contribution is -0.143. The number of nitrogens with two attached hydrogens (primary N) is 1. The number of carbonyl (C=O) groups excluding carboxylic acids is 1. The van der Waals surface area contributed by atoms with Crippen molar-refractivity contribution in [1.29, 1.82) is 5.41 Å². The quantitative estimate of drug-likeness (QED) is 0.138. The first-order valence-electron chi connectivity index (χ1n) is 9.10. The van der Waals surface area contributed by atoms with E-state index in [2.05, 4.69) is 21.5 Å². The van der Waals surface area contributed by atoms with Gasteiger partial charge in [-0.15, -0.1) is 9.24 Å². The summed E-state index contributed by atoms with van der Waals surface area (Å²) in [5.74, 6) is -1.24. The molecule has 0 aromatic heterocycles. The monoisotopic (exact) mass is 345 g/mol. The second-order valence-corrected chi connectivity index (χ2v) is 6.76. The summed E-state index contributed by atoms with van der Waals surface area (Å²) in [6.07, 6.45) is 15.4. The molecule has 0 aliphatic heterocycles. The molecule has 0 saturated carbocycles. The van der Waals surface area contributed by atoms with E-state index in [9.17, 15) is 4.79 Å². The zero-order chi connectivity index (χ0) is 17.3. The first-order valence-corrected chi connectivity index (χ1v) is 9.77.